The summed E-state index contributed by atoms with van der Waals surface area (Å²) in [5, 5.41) is 6.69. The number of hydrogen-bond donors (Lipinski definition) is 1. The molecule has 0 spiro atoms. The lowest BCUT2D eigenvalue weighted by Crippen LogP contribution is -2.19. The molecule has 1 amide bonds. The van der Waals surface area contributed by atoms with Crippen molar-refractivity contribution in [2.75, 3.05) is 18.5 Å². The first-order valence-corrected chi connectivity index (χ1v) is 10.4. The summed E-state index contributed by atoms with van der Waals surface area (Å²) in [5.41, 5.74) is 1.49. The molecule has 0 atom stereocenters. The van der Waals surface area contributed by atoms with E-state index in [1.165, 1.54) is 12.1 Å². The maximum absolute atomic E-state index is 12.6. The van der Waals surface area contributed by atoms with Crippen LogP contribution in [0.25, 0.3) is 23.0 Å². The summed E-state index contributed by atoms with van der Waals surface area (Å²) >= 11 is 0. The number of nitrogens with one attached hydrogen (secondary N) is 1. The van der Waals surface area contributed by atoms with Crippen LogP contribution in [0.3, 0.4) is 0 Å². The summed E-state index contributed by atoms with van der Waals surface area (Å²) in [6.45, 7) is 0.886. The van der Waals surface area contributed by atoms with Gasteiger partial charge in [-0.2, -0.15) is 4.98 Å². The number of carbonyl (C=O) groups excluding carboxylic acids is 1. The van der Waals surface area contributed by atoms with Gasteiger partial charge in [-0.3, -0.25) is 4.79 Å². The minimum atomic E-state index is -4.78. The van der Waals surface area contributed by atoms with E-state index in [9.17, 15) is 18.0 Å². The van der Waals surface area contributed by atoms with E-state index in [-0.39, 0.29) is 29.9 Å². The van der Waals surface area contributed by atoms with Crippen molar-refractivity contribution in [3.63, 3.8) is 0 Å². The Kier molecular flexibility index (Phi) is 5.77. The fourth-order valence-corrected chi connectivity index (χ4v) is 3.47. The van der Waals surface area contributed by atoms with E-state index >= 15 is 0 Å². The lowest BCUT2D eigenvalue weighted by atomic mass is 10.2. The van der Waals surface area contributed by atoms with E-state index in [1.54, 1.807) is 41.1 Å². The number of nitrogens with zero attached hydrogens (tertiary/aromatic N) is 3. The molecule has 0 unspecified atom stereocenters. The topological polar surface area (TPSA) is 101 Å². The van der Waals surface area contributed by atoms with E-state index in [0.717, 1.165) is 12.1 Å². The first kappa shape index (κ1) is 22.3. The zero-order valence-electron chi connectivity index (χ0n) is 17.9. The number of carbonyl (C=O) groups is 1. The predicted molar refractivity (Wildman–Crippen MR) is 116 cm³/mol. The van der Waals surface area contributed by atoms with Gasteiger partial charge in [0, 0.05) is 23.5 Å². The Balaban J connectivity index is 1.27. The van der Waals surface area contributed by atoms with Crippen molar-refractivity contribution in [3.8, 4) is 40.2 Å². The van der Waals surface area contributed by atoms with E-state index in [4.69, 9.17) is 14.0 Å². The van der Waals surface area contributed by atoms with E-state index < -0.39 is 6.36 Å². The predicted octanol–water partition coefficient (Wildman–Crippen LogP) is 4.51. The van der Waals surface area contributed by atoms with Gasteiger partial charge in [-0.25, -0.2) is 0 Å². The molecule has 2 aromatic heterocycles. The average Bonchev–Trinajstić information content (AvgIpc) is 3.48. The highest BCUT2D eigenvalue weighted by atomic mass is 19.4. The van der Waals surface area contributed by atoms with Gasteiger partial charge >= 0.3 is 6.36 Å². The smallest absolute Gasteiger partial charge is 0.486 e. The van der Waals surface area contributed by atoms with Crippen molar-refractivity contribution in [2.45, 2.75) is 12.9 Å². The Bertz CT molecular complexity index is 1350. The number of benzene rings is 2. The Morgan fingerprint density at radius 2 is 1.83 bits per heavy atom. The van der Waals surface area contributed by atoms with Crippen molar-refractivity contribution in [3.05, 3.63) is 60.8 Å². The van der Waals surface area contributed by atoms with Crippen molar-refractivity contribution in [1.29, 1.82) is 0 Å². The molecular formula is C23H17F3N4O5. The Morgan fingerprint density at radius 3 is 2.60 bits per heavy atom. The lowest BCUT2D eigenvalue weighted by molar-refractivity contribution is -0.274. The number of aromatic nitrogens is 3. The number of halogens is 3. The Morgan fingerprint density at radius 1 is 1.06 bits per heavy atom. The molecular weight excluding hydrogens is 469 g/mol. The van der Waals surface area contributed by atoms with Gasteiger partial charge < -0.3 is 28.6 Å². The van der Waals surface area contributed by atoms with Crippen LogP contribution in [0.4, 0.5) is 18.9 Å². The van der Waals surface area contributed by atoms with Crippen LogP contribution in [0.15, 0.2) is 65.3 Å². The normalized spacial score (nSPS) is 12.9. The van der Waals surface area contributed by atoms with Gasteiger partial charge in [0.1, 0.15) is 31.2 Å². The second-order valence-corrected chi connectivity index (χ2v) is 7.42. The molecule has 1 N–H and O–H groups in total. The molecule has 4 aromatic rings. The van der Waals surface area contributed by atoms with Crippen LogP contribution >= 0.6 is 0 Å². The Labute approximate surface area is 196 Å². The highest BCUT2D eigenvalue weighted by Crippen LogP contribution is 2.33. The van der Waals surface area contributed by atoms with Crippen molar-refractivity contribution in [1.82, 2.24) is 14.7 Å². The quantitative estimate of drug-likeness (QED) is 0.428. The van der Waals surface area contributed by atoms with Gasteiger partial charge in [-0.15, -0.1) is 13.2 Å². The van der Waals surface area contributed by atoms with Crippen molar-refractivity contribution < 1.29 is 36.7 Å². The molecule has 180 valence electrons. The summed E-state index contributed by atoms with van der Waals surface area (Å²) in [6.07, 6.45) is -3.09. The molecule has 0 fully saturated rings. The van der Waals surface area contributed by atoms with Gasteiger partial charge in [0.25, 0.3) is 5.89 Å². The molecule has 2 aromatic carbocycles. The minimum Gasteiger partial charge on any atom is -0.486 e. The standard InChI is InChI=1S/C23H17F3N4O5/c24-23(25,26)34-16-6-3-14(4-7-16)21-28-22(35-29-21)17-2-1-9-30(17)13-20(31)27-15-5-8-18-19(12-15)33-11-10-32-18/h1-9,12H,10-11,13H2,(H,27,31). The number of hydrogen-bond acceptors (Lipinski definition) is 7. The highest BCUT2D eigenvalue weighted by Gasteiger charge is 2.31. The van der Waals surface area contributed by atoms with Crippen LogP contribution in [-0.2, 0) is 11.3 Å². The van der Waals surface area contributed by atoms with Gasteiger partial charge in [0.05, 0.1) is 0 Å². The maximum atomic E-state index is 12.6. The first-order valence-electron chi connectivity index (χ1n) is 10.4. The second kappa shape index (κ2) is 9.05. The average molecular weight is 486 g/mol. The molecule has 5 rings (SSSR count). The molecule has 9 nitrogen and oxygen atoms in total. The zero-order valence-corrected chi connectivity index (χ0v) is 17.9. The molecule has 1 aliphatic rings. The van der Waals surface area contributed by atoms with E-state index in [1.807, 2.05) is 0 Å². The summed E-state index contributed by atoms with van der Waals surface area (Å²) in [4.78, 5) is 16.9. The summed E-state index contributed by atoms with van der Waals surface area (Å²) in [5.74, 6) is 0.852. The number of alkyl halides is 3. The fourth-order valence-electron chi connectivity index (χ4n) is 3.47. The number of ether oxygens (including phenoxy) is 3. The summed E-state index contributed by atoms with van der Waals surface area (Å²) in [7, 11) is 0. The second-order valence-electron chi connectivity index (χ2n) is 7.42. The summed E-state index contributed by atoms with van der Waals surface area (Å²) in [6, 6.07) is 13.6. The van der Waals surface area contributed by atoms with Crippen LogP contribution in [0.1, 0.15) is 0 Å². The molecule has 0 saturated heterocycles. The van der Waals surface area contributed by atoms with Crippen LogP contribution in [-0.4, -0.2) is 40.2 Å². The van der Waals surface area contributed by atoms with E-state index in [2.05, 4.69) is 20.2 Å². The number of amides is 1. The van der Waals surface area contributed by atoms with Crippen LogP contribution in [0.2, 0.25) is 0 Å². The lowest BCUT2D eigenvalue weighted by Gasteiger charge is -2.19. The van der Waals surface area contributed by atoms with Gasteiger partial charge in [-0.05, 0) is 48.5 Å². The molecule has 3 heterocycles. The molecule has 0 aliphatic carbocycles. The van der Waals surface area contributed by atoms with Crippen LogP contribution in [0, 0.1) is 0 Å². The monoisotopic (exact) mass is 486 g/mol. The third-order valence-electron chi connectivity index (χ3n) is 4.96. The number of anilines is 1. The Hall–Kier alpha value is -4.48. The largest absolute Gasteiger partial charge is 0.573 e. The molecule has 12 heteroatoms. The first-order chi connectivity index (χ1) is 16.8. The van der Waals surface area contributed by atoms with Gasteiger partial charge in [0.15, 0.2) is 11.5 Å². The summed E-state index contributed by atoms with van der Waals surface area (Å²) < 4.78 is 58.8. The molecule has 1 aliphatic heterocycles. The maximum Gasteiger partial charge on any atom is 0.573 e. The number of fused-ring (bicyclic) bond motifs is 1. The van der Waals surface area contributed by atoms with Crippen molar-refractivity contribution in [2.24, 2.45) is 0 Å². The molecule has 0 radical (unpaired) electrons. The fraction of sp³-hybridized carbons (Fsp3) is 0.174. The zero-order chi connectivity index (χ0) is 24.4. The van der Waals surface area contributed by atoms with Gasteiger partial charge in [-0.1, -0.05) is 5.16 Å². The molecule has 35 heavy (non-hydrogen) atoms. The van der Waals surface area contributed by atoms with E-state index in [0.29, 0.717) is 41.7 Å². The third kappa shape index (κ3) is 5.21. The van der Waals surface area contributed by atoms with Crippen molar-refractivity contribution >= 4 is 11.6 Å². The third-order valence-corrected chi connectivity index (χ3v) is 4.96. The molecule has 0 bridgehead atoms. The SMILES string of the molecule is O=C(Cn1cccc1-c1nc(-c2ccc(OC(F)(F)F)cc2)no1)Nc1ccc2c(c1)OCCO2. The van der Waals surface area contributed by atoms with Gasteiger partial charge in [0.2, 0.25) is 11.7 Å². The minimum absolute atomic E-state index is 0.0298. The molecule has 0 saturated carbocycles. The highest BCUT2D eigenvalue weighted by molar-refractivity contribution is 5.91. The van der Waals surface area contributed by atoms with Crippen LogP contribution in [0.5, 0.6) is 17.2 Å². The van der Waals surface area contributed by atoms with Crippen LogP contribution < -0.4 is 19.5 Å². The number of rotatable bonds is 6.